The highest BCUT2D eigenvalue weighted by molar-refractivity contribution is 7.53. The number of carbonyl (C=O) groups excluding carboxylic acids is 1. The summed E-state index contributed by atoms with van der Waals surface area (Å²) in [6.45, 7) is 12.8. The molecule has 0 aromatic carbocycles. The number of nitrogens with zero attached hydrogens (tertiary/aromatic N) is 2. The van der Waals surface area contributed by atoms with E-state index in [-0.39, 0.29) is 40.5 Å². The maximum Gasteiger partial charge on any atom is 0.410 e. The highest BCUT2D eigenvalue weighted by atomic mass is 31.2. The Morgan fingerprint density at radius 2 is 1.72 bits per heavy atom. The number of amides is 1. The first-order chi connectivity index (χ1) is 22.4. The molecule has 0 spiro atoms. The van der Waals surface area contributed by atoms with Crippen LogP contribution in [0.4, 0.5) is 4.79 Å². The first-order valence-electron chi connectivity index (χ1n) is 18.3. The van der Waals surface area contributed by atoms with Gasteiger partial charge >= 0.3 is 19.3 Å². The molecule has 1 saturated heterocycles. The average Bonchev–Trinajstić information content (AvgIpc) is 3.33. The molecule has 0 radical (unpaired) electrons. The van der Waals surface area contributed by atoms with Crippen molar-refractivity contribution in [2.24, 2.45) is 28.6 Å². The minimum atomic E-state index is -3.02. The summed E-state index contributed by atoms with van der Waals surface area (Å²) in [6, 6.07) is 3.41. The highest BCUT2D eigenvalue weighted by Gasteiger charge is 2.67. The van der Waals surface area contributed by atoms with Crippen LogP contribution in [0.25, 0.3) is 0 Å². The van der Waals surface area contributed by atoms with Gasteiger partial charge < -0.3 is 28.2 Å². The third-order valence-electron chi connectivity index (χ3n) is 13.4. The van der Waals surface area contributed by atoms with E-state index in [2.05, 4.69) is 18.7 Å². The second-order valence-corrected chi connectivity index (χ2v) is 17.7. The van der Waals surface area contributed by atoms with E-state index in [0.717, 1.165) is 89.4 Å². The van der Waals surface area contributed by atoms with Gasteiger partial charge in [-0.2, -0.15) is 0 Å². The van der Waals surface area contributed by atoms with Crippen molar-refractivity contribution >= 4 is 13.7 Å². The van der Waals surface area contributed by atoms with Crippen molar-refractivity contribution in [1.82, 2.24) is 9.80 Å². The van der Waals surface area contributed by atoms with Crippen molar-refractivity contribution in [1.29, 1.82) is 0 Å². The Bertz CT molecular complexity index is 1330. The molecule has 3 unspecified atom stereocenters. The van der Waals surface area contributed by atoms with Crippen molar-refractivity contribution < 1.29 is 32.7 Å². The van der Waals surface area contributed by atoms with Crippen LogP contribution in [0.1, 0.15) is 103 Å². The van der Waals surface area contributed by atoms with Crippen LogP contribution in [0.5, 0.6) is 0 Å². The Morgan fingerprint density at radius 1 is 0.979 bits per heavy atom. The maximum atomic E-state index is 13.3. The zero-order valence-electron chi connectivity index (χ0n) is 29.0. The fourth-order valence-corrected chi connectivity index (χ4v) is 12.5. The largest absolute Gasteiger partial charge is 0.446 e. The van der Waals surface area contributed by atoms with Gasteiger partial charge in [-0.1, -0.05) is 13.8 Å². The second kappa shape index (κ2) is 13.9. The fraction of sp³-hybridized carbons (Fsp3) is 0.833. The Hall–Kier alpha value is -1.71. The molecule has 5 aliphatic rings. The maximum absolute atomic E-state index is 13.3. The van der Waals surface area contributed by atoms with Crippen molar-refractivity contribution in [2.45, 2.75) is 110 Å². The van der Waals surface area contributed by atoms with E-state index in [1.807, 2.05) is 24.8 Å². The predicted octanol–water partition coefficient (Wildman–Crippen LogP) is 6.66. The number of rotatable bonds is 10. The summed E-state index contributed by atoms with van der Waals surface area (Å²) >= 11 is 0. The zero-order chi connectivity index (χ0) is 33.5. The minimum absolute atomic E-state index is 0.0537. The van der Waals surface area contributed by atoms with Crippen LogP contribution in [0, 0.1) is 28.6 Å². The normalized spacial score (nSPS) is 37.6. The molecule has 5 fully saturated rings. The molecular weight excluding hydrogens is 619 g/mol. The molecule has 8 atom stereocenters. The van der Waals surface area contributed by atoms with Gasteiger partial charge in [0.2, 0.25) is 0 Å². The third kappa shape index (κ3) is 6.63. The zero-order valence-corrected chi connectivity index (χ0v) is 29.9. The van der Waals surface area contributed by atoms with E-state index in [1.165, 1.54) is 6.07 Å². The number of hydrogen-bond donors (Lipinski definition) is 1. The van der Waals surface area contributed by atoms with Crippen molar-refractivity contribution in [3.05, 3.63) is 34.4 Å². The van der Waals surface area contributed by atoms with Gasteiger partial charge in [0, 0.05) is 37.7 Å². The lowest BCUT2D eigenvalue weighted by molar-refractivity contribution is -0.205. The van der Waals surface area contributed by atoms with E-state index >= 15 is 0 Å². The Balaban J connectivity index is 0.997. The van der Waals surface area contributed by atoms with Crippen molar-refractivity contribution in [3.8, 4) is 0 Å². The highest BCUT2D eigenvalue weighted by Crippen LogP contribution is 2.70. The summed E-state index contributed by atoms with van der Waals surface area (Å²) in [6.07, 6.45) is 11.2. The van der Waals surface area contributed by atoms with Crippen LogP contribution in [0.3, 0.4) is 0 Å². The number of carbonyl (C=O) groups is 1. The van der Waals surface area contributed by atoms with E-state index < -0.39 is 13.2 Å². The molecular formula is C36H57N2O8P. The monoisotopic (exact) mass is 676 g/mol. The quantitative estimate of drug-likeness (QED) is 0.272. The van der Waals surface area contributed by atoms with E-state index in [0.29, 0.717) is 44.3 Å². The van der Waals surface area contributed by atoms with Gasteiger partial charge in [0.25, 0.3) is 0 Å². The summed E-state index contributed by atoms with van der Waals surface area (Å²) in [7, 11) is -3.02. The molecule has 1 N–H and O–H groups in total. The summed E-state index contributed by atoms with van der Waals surface area (Å²) < 4.78 is 35.0. The van der Waals surface area contributed by atoms with Crippen LogP contribution in [0.2, 0.25) is 0 Å². The first-order valence-corrected chi connectivity index (χ1v) is 20.0. The smallest absolute Gasteiger partial charge is 0.410 e. The number of hydrogen-bond acceptors (Lipinski definition) is 9. The molecule has 10 nitrogen and oxygen atoms in total. The Kier molecular flexibility index (Phi) is 10.4. The van der Waals surface area contributed by atoms with Crippen molar-refractivity contribution in [3.63, 3.8) is 0 Å². The van der Waals surface area contributed by atoms with Crippen LogP contribution >= 0.6 is 7.60 Å². The fourth-order valence-electron chi connectivity index (χ4n) is 10.8. The number of aliphatic hydroxyl groups is 1. The lowest BCUT2D eigenvalue weighted by atomic mass is 9.43. The lowest BCUT2D eigenvalue weighted by Crippen LogP contribution is -2.62. The van der Waals surface area contributed by atoms with Gasteiger partial charge in [-0.15, -0.1) is 0 Å². The van der Waals surface area contributed by atoms with Gasteiger partial charge in [-0.25, -0.2) is 9.59 Å². The average molecular weight is 677 g/mol. The van der Waals surface area contributed by atoms with Gasteiger partial charge in [0.1, 0.15) is 6.10 Å². The molecule has 4 saturated carbocycles. The van der Waals surface area contributed by atoms with Crippen molar-refractivity contribution in [2.75, 3.05) is 52.1 Å². The van der Waals surface area contributed by atoms with Crippen LogP contribution in [-0.2, 0) is 18.3 Å². The predicted molar refractivity (Wildman–Crippen MR) is 180 cm³/mol. The van der Waals surface area contributed by atoms with E-state index in [9.17, 15) is 19.3 Å². The summed E-state index contributed by atoms with van der Waals surface area (Å²) in [5.74, 6) is 1.42. The second-order valence-electron chi connectivity index (χ2n) is 15.5. The third-order valence-corrected chi connectivity index (χ3v) is 15.6. The van der Waals surface area contributed by atoms with Crippen LogP contribution in [0.15, 0.2) is 27.6 Å². The molecule has 1 aromatic heterocycles. The summed E-state index contributed by atoms with van der Waals surface area (Å²) in [4.78, 5) is 29.0. The summed E-state index contributed by atoms with van der Waals surface area (Å²) in [5.41, 5.74) is -0.105. The SMILES string of the molecule is CCOP(=O)(CCCN1CCN(C(=O)O[C@H]2CC[C@@]3(C)C(CCC4C3CC[C@]3(C)[C@@H](c5ccc(=O)oc5)CC[C@]43O)C2)CC1)OCC. The van der Waals surface area contributed by atoms with E-state index in [1.54, 1.807) is 6.26 Å². The Morgan fingerprint density at radius 3 is 2.40 bits per heavy atom. The molecule has 0 bridgehead atoms. The standard InChI is InChI=1S/C36H57N2O8P/c1-5-44-47(42,45-6-2)23-7-18-37-19-21-38(22-20-37)33(40)46-28-12-15-34(3)27(24-28)9-10-31-30(34)13-16-35(4)29(14-17-36(31,35)41)26-8-11-32(39)43-25-26/h8,11,25,27-31,41H,5-7,9-10,12-24H2,1-4H3/t27?,28-,29+,30?,31?,34-,35+,36-/m0/s1. The van der Waals surface area contributed by atoms with Gasteiger partial charge in [-0.3, -0.25) is 9.46 Å². The van der Waals surface area contributed by atoms with Crippen LogP contribution in [-0.4, -0.2) is 84.8 Å². The van der Waals surface area contributed by atoms with Gasteiger partial charge in [-0.05, 0) is 125 Å². The minimum Gasteiger partial charge on any atom is -0.446 e. The molecule has 6 rings (SSSR count). The summed E-state index contributed by atoms with van der Waals surface area (Å²) in [5, 5.41) is 12.5. The van der Waals surface area contributed by atoms with E-state index in [4.69, 9.17) is 18.2 Å². The lowest BCUT2D eigenvalue weighted by Gasteiger charge is -2.63. The molecule has 264 valence electrons. The molecule has 2 heterocycles. The topological polar surface area (TPSA) is 119 Å². The molecule has 4 aliphatic carbocycles. The van der Waals surface area contributed by atoms with Crippen LogP contribution < -0.4 is 5.63 Å². The van der Waals surface area contributed by atoms with Gasteiger partial charge in [0.15, 0.2) is 0 Å². The molecule has 11 heteroatoms. The Labute approximate surface area is 280 Å². The number of fused-ring (bicyclic) bond motifs is 5. The molecule has 1 aromatic rings. The first kappa shape index (κ1) is 35.1. The van der Waals surface area contributed by atoms with Gasteiger partial charge in [0.05, 0.1) is 31.2 Å². The number of ether oxygens (including phenoxy) is 1. The molecule has 1 amide bonds. The number of piperazine rings is 1. The molecule has 47 heavy (non-hydrogen) atoms. The molecule has 1 aliphatic heterocycles.